The van der Waals surface area contributed by atoms with Crippen LogP contribution in [-0.4, -0.2) is 35.4 Å². The zero-order valence-corrected chi connectivity index (χ0v) is 12.0. The third-order valence-electron chi connectivity index (χ3n) is 2.71. The van der Waals surface area contributed by atoms with E-state index in [9.17, 15) is 0 Å². The quantitative estimate of drug-likeness (QED) is 0.515. The average Bonchev–Trinajstić information content (AvgIpc) is 2.29. The Morgan fingerprint density at radius 3 is 2.65 bits per heavy atom. The van der Waals surface area contributed by atoms with Crippen molar-refractivity contribution in [2.24, 2.45) is 5.73 Å². The van der Waals surface area contributed by atoms with Gasteiger partial charge in [-0.2, -0.15) is 0 Å². The topological polar surface area (TPSA) is 55.0 Å². The lowest BCUT2D eigenvalue weighted by atomic mass is 10.1. The molecule has 0 bridgehead atoms. The van der Waals surface area contributed by atoms with E-state index in [0.717, 1.165) is 36.9 Å². The molecule has 0 aliphatic carbocycles. The van der Waals surface area contributed by atoms with Crippen LogP contribution < -0.4 is 10.6 Å². The van der Waals surface area contributed by atoms with Gasteiger partial charge in [0.1, 0.15) is 11.0 Å². The third-order valence-corrected chi connectivity index (χ3v) is 3.45. The van der Waals surface area contributed by atoms with Gasteiger partial charge in [0.2, 0.25) is 0 Å². The van der Waals surface area contributed by atoms with E-state index >= 15 is 0 Å². The van der Waals surface area contributed by atoms with Crippen molar-refractivity contribution in [2.45, 2.75) is 24.0 Å². The van der Waals surface area contributed by atoms with E-state index in [4.69, 9.17) is 17.3 Å². The Labute approximate surface area is 117 Å². The van der Waals surface area contributed by atoms with Crippen LogP contribution in [0.25, 0.3) is 0 Å². The van der Waals surface area contributed by atoms with E-state index in [2.05, 4.69) is 14.9 Å². The van der Waals surface area contributed by atoms with Crippen LogP contribution in [0.1, 0.15) is 12.8 Å². The fraction of sp³-hybridized carbons (Fsp3) is 0.600. The Morgan fingerprint density at radius 2 is 2.06 bits per heavy atom. The summed E-state index contributed by atoms with van der Waals surface area (Å²) in [4.78, 5) is 10.8. The summed E-state index contributed by atoms with van der Waals surface area (Å²) in [5, 5.41) is 1.22. The molecule has 0 unspecified atom stereocenters. The predicted molar refractivity (Wildman–Crippen MR) is 75.5 cm³/mol. The molecule has 0 saturated carbocycles. The predicted octanol–water partition coefficient (Wildman–Crippen LogP) is 2.20. The summed E-state index contributed by atoms with van der Waals surface area (Å²) in [6.45, 7) is 1.89. The zero-order chi connectivity index (χ0) is 11.5. The van der Waals surface area contributed by atoms with Crippen LogP contribution in [0.3, 0.4) is 0 Å². The first-order valence-electron chi connectivity index (χ1n) is 5.28. The van der Waals surface area contributed by atoms with Crippen LogP contribution in [0.15, 0.2) is 11.2 Å². The minimum Gasteiger partial charge on any atom is -0.356 e. The Morgan fingerprint density at radius 1 is 1.41 bits per heavy atom. The van der Waals surface area contributed by atoms with Gasteiger partial charge in [-0.05, 0) is 19.1 Å². The monoisotopic (exact) mass is 294 g/mol. The molecule has 96 valence electrons. The number of hydrogen-bond acceptors (Lipinski definition) is 5. The van der Waals surface area contributed by atoms with Gasteiger partial charge in [-0.25, -0.2) is 9.97 Å². The van der Waals surface area contributed by atoms with Gasteiger partial charge in [0.15, 0.2) is 5.16 Å². The Balaban J connectivity index is 0.00000144. The molecule has 1 fully saturated rings. The molecule has 2 heterocycles. The summed E-state index contributed by atoms with van der Waals surface area (Å²) in [6, 6.07) is 2.14. The van der Waals surface area contributed by atoms with Gasteiger partial charge in [-0.15, -0.1) is 12.4 Å². The smallest absolute Gasteiger partial charge is 0.190 e. The minimum atomic E-state index is 0. The van der Waals surface area contributed by atoms with Crippen molar-refractivity contribution in [3.63, 3.8) is 0 Å². The van der Waals surface area contributed by atoms with E-state index in [-0.39, 0.29) is 12.4 Å². The summed E-state index contributed by atoms with van der Waals surface area (Å²) < 4.78 is 0. The highest BCUT2D eigenvalue weighted by molar-refractivity contribution is 7.98. The molecule has 0 radical (unpaired) electrons. The van der Waals surface area contributed by atoms with E-state index in [1.54, 1.807) is 0 Å². The zero-order valence-electron chi connectivity index (χ0n) is 9.60. The maximum Gasteiger partial charge on any atom is 0.190 e. The lowest BCUT2D eigenvalue weighted by molar-refractivity contribution is 0.497. The lowest BCUT2D eigenvalue weighted by Crippen LogP contribution is -2.40. The second-order valence-corrected chi connectivity index (χ2v) is 5.02. The molecule has 1 saturated heterocycles. The highest BCUT2D eigenvalue weighted by Gasteiger charge is 2.18. The number of rotatable bonds is 2. The van der Waals surface area contributed by atoms with Crippen LogP contribution in [0.2, 0.25) is 5.15 Å². The normalized spacial score (nSPS) is 16.8. The third kappa shape index (κ3) is 3.88. The van der Waals surface area contributed by atoms with E-state index in [0.29, 0.717) is 11.2 Å². The fourth-order valence-corrected chi connectivity index (χ4v) is 2.37. The number of aromatic nitrogens is 2. The summed E-state index contributed by atoms with van der Waals surface area (Å²) >= 11 is 7.46. The van der Waals surface area contributed by atoms with Crippen LogP contribution in [0, 0.1) is 0 Å². The van der Waals surface area contributed by atoms with Crippen molar-refractivity contribution < 1.29 is 0 Å². The molecule has 17 heavy (non-hydrogen) atoms. The maximum absolute atomic E-state index is 5.96. The van der Waals surface area contributed by atoms with Gasteiger partial charge in [-0.3, -0.25) is 0 Å². The van der Waals surface area contributed by atoms with E-state index < -0.39 is 0 Å². The summed E-state index contributed by atoms with van der Waals surface area (Å²) in [5.74, 6) is 0.913. The van der Waals surface area contributed by atoms with Crippen LogP contribution in [0.4, 0.5) is 5.82 Å². The van der Waals surface area contributed by atoms with Crippen molar-refractivity contribution in [3.05, 3.63) is 11.2 Å². The number of nitrogens with zero attached hydrogens (tertiary/aromatic N) is 3. The molecule has 1 aromatic rings. The van der Waals surface area contributed by atoms with Crippen molar-refractivity contribution in [1.82, 2.24) is 9.97 Å². The Bertz CT molecular complexity index is 369. The largest absolute Gasteiger partial charge is 0.356 e. The Hall–Kier alpha value is -0.230. The first-order chi connectivity index (χ1) is 7.69. The number of halogens is 2. The summed E-state index contributed by atoms with van der Waals surface area (Å²) in [7, 11) is 0. The first kappa shape index (κ1) is 14.8. The van der Waals surface area contributed by atoms with Crippen LogP contribution in [0.5, 0.6) is 0 Å². The van der Waals surface area contributed by atoms with Gasteiger partial charge in [0.05, 0.1) is 0 Å². The van der Waals surface area contributed by atoms with Gasteiger partial charge in [0, 0.05) is 25.2 Å². The van der Waals surface area contributed by atoms with Gasteiger partial charge >= 0.3 is 0 Å². The number of hydrogen-bond donors (Lipinski definition) is 1. The molecule has 1 aromatic heterocycles. The number of thioether (sulfide) groups is 1. The van der Waals surface area contributed by atoms with E-state index in [1.807, 2.05) is 12.3 Å². The molecule has 1 aliphatic rings. The lowest BCUT2D eigenvalue weighted by Gasteiger charge is -2.31. The molecule has 1 aliphatic heterocycles. The molecule has 0 atom stereocenters. The van der Waals surface area contributed by atoms with Gasteiger partial charge in [0.25, 0.3) is 0 Å². The summed E-state index contributed by atoms with van der Waals surface area (Å²) in [5.41, 5.74) is 5.87. The Kier molecular flexibility index (Phi) is 5.79. The van der Waals surface area contributed by atoms with Crippen molar-refractivity contribution >= 4 is 41.6 Å². The van der Waals surface area contributed by atoms with Crippen molar-refractivity contribution in [2.75, 3.05) is 24.2 Å². The molecule has 2 N–H and O–H groups in total. The standard InChI is InChI=1S/C10H15ClN4S.ClH/c1-16-10-13-8(11)6-9(14-10)15-4-2-7(12)3-5-15;/h6-7H,2-5,12H2,1H3;1H. The molecular formula is C10H16Cl2N4S. The maximum atomic E-state index is 5.96. The fourth-order valence-electron chi connectivity index (χ4n) is 1.77. The van der Waals surface area contributed by atoms with Crippen molar-refractivity contribution in [1.29, 1.82) is 0 Å². The second-order valence-electron chi connectivity index (χ2n) is 3.86. The average molecular weight is 295 g/mol. The number of nitrogens with two attached hydrogens (primary N) is 1. The molecule has 0 aromatic carbocycles. The molecule has 0 spiro atoms. The summed E-state index contributed by atoms with van der Waals surface area (Å²) in [6.07, 6.45) is 3.97. The molecule has 0 amide bonds. The SMILES string of the molecule is CSc1nc(Cl)cc(N2CCC(N)CC2)n1.Cl. The molecule has 2 rings (SSSR count). The van der Waals surface area contributed by atoms with Crippen LogP contribution in [-0.2, 0) is 0 Å². The number of piperidine rings is 1. The highest BCUT2D eigenvalue weighted by atomic mass is 35.5. The molecule has 4 nitrogen and oxygen atoms in total. The first-order valence-corrected chi connectivity index (χ1v) is 6.88. The highest BCUT2D eigenvalue weighted by Crippen LogP contribution is 2.22. The molecular weight excluding hydrogens is 279 g/mol. The van der Waals surface area contributed by atoms with E-state index in [1.165, 1.54) is 11.8 Å². The minimum absolute atomic E-state index is 0. The van der Waals surface area contributed by atoms with Crippen LogP contribution >= 0.6 is 35.8 Å². The van der Waals surface area contributed by atoms with Gasteiger partial charge in [-0.1, -0.05) is 23.4 Å². The van der Waals surface area contributed by atoms with Crippen molar-refractivity contribution in [3.8, 4) is 0 Å². The van der Waals surface area contributed by atoms with Gasteiger partial charge < -0.3 is 10.6 Å². The second kappa shape index (κ2) is 6.64. The number of anilines is 1. The molecule has 7 heteroatoms.